The van der Waals surface area contributed by atoms with E-state index in [1.807, 2.05) is 6.07 Å². The first-order valence-electron chi connectivity index (χ1n) is 9.24. The molecule has 4 nitrogen and oxygen atoms in total. The van der Waals surface area contributed by atoms with Gasteiger partial charge < -0.3 is 4.90 Å². The van der Waals surface area contributed by atoms with Crippen molar-refractivity contribution in [3.8, 4) is 11.3 Å². The number of hydrogen-bond donors (Lipinski definition) is 0. The third kappa shape index (κ3) is 3.69. The number of rotatable bonds is 4. The number of nitrogens with zero attached hydrogens (tertiary/aromatic N) is 4. The largest absolute Gasteiger partial charge is 0.417 e. The van der Waals surface area contributed by atoms with Crippen LogP contribution in [0.4, 0.5) is 13.2 Å². The fourth-order valence-corrected chi connectivity index (χ4v) is 3.71. The van der Waals surface area contributed by atoms with E-state index in [0.29, 0.717) is 23.4 Å². The molecule has 0 amide bonds. The van der Waals surface area contributed by atoms with Crippen LogP contribution in [0.15, 0.2) is 42.6 Å². The average molecular weight is 374 g/mol. The van der Waals surface area contributed by atoms with Gasteiger partial charge in [0, 0.05) is 18.3 Å². The number of fused-ring (bicyclic) bond motifs is 1. The first-order valence-corrected chi connectivity index (χ1v) is 9.24. The molecule has 3 aromatic rings. The van der Waals surface area contributed by atoms with Crippen molar-refractivity contribution >= 4 is 11.0 Å². The molecule has 0 radical (unpaired) electrons. The van der Waals surface area contributed by atoms with Gasteiger partial charge in [0.05, 0.1) is 17.5 Å². The Hall–Kier alpha value is -2.41. The Morgan fingerprint density at radius 1 is 0.926 bits per heavy atom. The van der Waals surface area contributed by atoms with E-state index < -0.39 is 11.7 Å². The highest BCUT2D eigenvalue weighted by Crippen LogP contribution is 2.38. The Balaban J connectivity index is 1.78. The zero-order valence-electron chi connectivity index (χ0n) is 14.9. The molecule has 1 fully saturated rings. The summed E-state index contributed by atoms with van der Waals surface area (Å²) in [6, 6.07) is 10.0. The van der Waals surface area contributed by atoms with Crippen LogP contribution in [0.5, 0.6) is 0 Å². The van der Waals surface area contributed by atoms with Crippen molar-refractivity contribution in [3.63, 3.8) is 0 Å². The van der Waals surface area contributed by atoms with E-state index in [1.54, 1.807) is 28.9 Å². The van der Waals surface area contributed by atoms with E-state index in [-0.39, 0.29) is 5.39 Å². The van der Waals surface area contributed by atoms with Crippen molar-refractivity contribution in [2.75, 3.05) is 19.6 Å². The number of hydrogen-bond acceptors (Lipinski definition) is 3. The number of benzene rings is 1. The van der Waals surface area contributed by atoms with Crippen molar-refractivity contribution in [2.45, 2.75) is 32.0 Å². The van der Waals surface area contributed by atoms with Gasteiger partial charge in [0.2, 0.25) is 0 Å². The first kappa shape index (κ1) is 18.0. The smallest absolute Gasteiger partial charge is 0.301 e. The summed E-state index contributed by atoms with van der Waals surface area (Å²) in [7, 11) is 0. The van der Waals surface area contributed by atoms with Gasteiger partial charge in [-0.3, -0.25) is 0 Å². The summed E-state index contributed by atoms with van der Waals surface area (Å²) in [5, 5.41) is 4.62. The van der Waals surface area contributed by atoms with Crippen LogP contribution in [0, 0.1) is 0 Å². The Labute approximate surface area is 155 Å². The Kier molecular flexibility index (Phi) is 4.86. The fourth-order valence-electron chi connectivity index (χ4n) is 3.71. The molecule has 7 heteroatoms. The third-order valence-electron chi connectivity index (χ3n) is 5.06. The van der Waals surface area contributed by atoms with Crippen molar-refractivity contribution < 1.29 is 13.2 Å². The van der Waals surface area contributed by atoms with Crippen LogP contribution in [0.1, 0.15) is 24.8 Å². The Morgan fingerprint density at radius 3 is 2.37 bits per heavy atom. The quantitative estimate of drug-likeness (QED) is 0.669. The molecule has 0 N–H and O–H groups in total. The van der Waals surface area contributed by atoms with E-state index in [9.17, 15) is 13.2 Å². The molecule has 0 spiro atoms. The summed E-state index contributed by atoms with van der Waals surface area (Å²) < 4.78 is 42.5. The van der Waals surface area contributed by atoms with Gasteiger partial charge in [-0.05, 0) is 32.0 Å². The molecule has 1 aromatic carbocycles. The predicted molar refractivity (Wildman–Crippen MR) is 98.3 cm³/mol. The molecular weight excluding hydrogens is 353 g/mol. The lowest BCUT2D eigenvalue weighted by molar-refractivity contribution is -0.136. The normalized spacial score (nSPS) is 16.1. The number of pyridine rings is 1. The lowest BCUT2D eigenvalue weighted by Crippen LogP contribution is -2.32. The maximum absolute atomic E-state index is 13.6. The Morgan fingerprint density at radius 2 is 1.67 bits per heavy atom. The molecule has 1 saturated heterocycles. The summed E-state index contributed by atoms with van der Waals surface area (Å²) in [5.74, 6) is 0. The molecule has 0 saturated carbocycles. The number of halogens is 3. The molecule has 2 aromatic heterocycles. The SMILES string of the molecule is FC(F)(F)c1ccnc2c1c(-c1ccccc1)nn2CCN1CCCCC1. The minimum absolute atomic E-state index is 0.0786. The zero-order valence-corrected chi connectivity index (χ0v) is 14.9. The summed E-state index contributed by atoms with van der Waals surface area (Å²) in [4.78, 5) is 6.59. The number of aromatic nitrogens is 3. The van der Waals surface area contributed by atoms with E-state index in [4.69, 9.17) is 0 Å². The maximum Gasteiger partial charge on any atom is 0.417 e. The van der Waals surface area contributed by atoms with Gasteiger partial charge in [-0.1, -0.05) is 36.8 Å². The van der Waals surface area contributed by atoms with Crippen LogP contribution in [0.3, 0.4) is 0 Å². The topological polar surface area (TPSA) is 34.0 Å². The van der Waals surface area contributed by atoms with Crippen LogP contribution in [-0.4, -0.2) is 39.3 Å². The van der Waals surface area contributed by atoms with Gasteiger partial charge in [-0.15, -0.1) is 0 Å². The molecule has 0 bridgehead atoms. The molecule has 0 atom stereocenters. The second-order valence-electron chi connectivity index (χ2n) is 6.89. The second-order valence-corrected chi connectivity index (χ2v) is 6.89. The predicted octanol–water partition coefficient (Wildman–Crippen LogP) is 4.60. The molecule has 1 aliphatic rings. The van der Waals surface area contributed by atoms with Gasteiger partial charge in [0.25, 0.3) is 0 Å². The van der Waals surface area contributed by atoms with Crippen LogP contribution < -0.4 is 0 Å². The highest BCUT2D eigenvalue weighted by atomic mass is 19.4. The monoisotopic (exact) mass is 374 g/mol. The highest BCUT2D eigenvalue weighted by molar-refractivity contribution is 5.94. The zero-order chi connectivity index (χ0) is 18.9. The molecule has 3 heterocycles. The fraction of sp³-hybridized carbons (Fsp3) is 0.400. The Bertz CT molecular complexity index is 912. The van der Waals surface area contributed by atoms with Crippen LogP contribution in [-0.2, 0) is 12.7 Å². The molecule has 0 unspecified atom stereocenters. The molecule has 27 heavy (non-hydrogen) atoms. The average Bonchev–Trinajstić information content (AvgIpc) is 3.06. The van der Waals surface area contributed by atoms with E-state index >= 15 is 0 Å². The summed E-state index contributed by atoms with van der Waals surface area (Å²) in [6.45, 7) is 3.36. The van der Waals surface area contributed by atoms with Gasteiger partial charge in [-0.25, -0.2) is 9.67 Å². The van der Waals surface area contributed by atoms with Crippen LogP contribution >= 0.6 is 0 Å². The summed E-state index contributed by atoms with van der Waals surface area (Å²) >= 11 is 0. The van der Waals surface area contributed by atoms with E-state index in [0.717, 1.165) is 25.7 Å². The highest BCUT2D eigenvalue weighted by Gasteiger charge is 2.35. The van der Waals surface area contributed by atoms with Crippen molar-refractivity contribution in [1.29, 1.82) is 0 Å². The van der Waals surface area contributed by atoms with Crippen molar-refractivity contribution in [1.82, 2.24) is 19.7 Å². The van der Waals surface area contributed by atoms with E-state index in [1.165, 1.54) is 25.5 Å². The minimum Gasteiger partial charge on any atom is -0.301 e. The van der Waals surface area contributed by atoms with Gasteiger partial charge in [0.1, 0.15) is 5.69 Å². The van der Waals surface area contributed by atoms with E-state index in [2.05, 4.69) is 15.0 Å². The molecule has 0 aliphatic carbocycles. The summed E-state index contributed by atoms with van der Waals surface area (Å²) in [5.41, 5.74) is 0.610. The number of likely N-dealkylation sites (tertiary alicyclic amines) is 1. The lowest BCUT2D eigenvalue weighted by atomic mass is 10.1. The molecule has 1 aliphatic heterocycles. The number of piperidine rings is 1. The van der Waals surface area contributed by atoms with Gasteiger partial charge in [-0.2, -0.15) is 18.3 Å². The molecule has 4 rings (SSSR count). The molecular formula is C20H21F3N4. The van der Waals surface area contributed by atoms with Crippen molar-refractivity contribution in [2.24, 2.45) is 0 Å². The van der Waals surface area contributed by atoms with Crippen molar-refractivity contribution in [3.05, 3.63) is 48.2 Å². The third-order valence-corrected chi connectivity index (χ3v) is 5.06. The maximum atomic E-state index is 13.6. The second kappa shape index (κ2) is 7.31. The standard InChI is InChI=1S/C20H21F3N4/c21-20(22,23)16-9-10-24-19-17(16)18(15-7-3-1-4-8-15)25-27(19)14-13-26-11-5-2-6-12-26/h1,3-4,7-10H,2,5-6,11-14H2. The lowest BCUT2D eigenvalue weighted by Gasteiger charge is -2.26. The van der Waals surface area contributed by atoms with Crippen LogP contribution in [0.2, 0.25) is 0 Å². The van der Waals surface area contributed by atoms with Gasteiger partial charge in [0.15, 0.2) is 5.65 Å². The molecule has 142 valence electrons. The number of alkyl halides is 3. The van der Waals surface area contributed by atoms with Crippen LogP contribution in [0.25, 0.3) is 22.3 Å². The summed E-state index contributed by atoms with van der Waals surface area (Å²) in [6.07, 6.45) is 0.359. The minimum atomic E-state index is -4.45. The van der Waals surface area contributed by atoms with Gasteiger partial charge >= 0.3 is 6.18 Å². The first-order chi connectivity index (χ1) is 13.0.